The fraction of sp³-hybridized carbons (Fsp3) is 0.250. The van der Waals surface area contributed by atoms with Gasteiger partial charge in [0, 0.05) is 15.1 Å². The molecule has 1 atom stereocenters. The van der Waals surface area contributed by atoms with Gasteiger partial charge in [0.1, 0.15) is 18.8 Å². The van der Waals surface area contributed by atoms with Crippen molar-refractivity contribution in [2.24, 2.45) is 0 Å². The molecule has 166 valence electrons. The third-order valence-electron chi connectivity index (χ3n) is 4.47. The van der Waals surface area contributed by atoms with Gasteiger partial charge in [-0.05, 0) is 49.7 Å². The Hall–Kier alpha value is -1.36. The number of benzene rings is 2. The van der Waals surface area contributed by atoms with Crippen LogP contribution >= 0.6 is 50.2 Å². The van der Waals surface area contributed by atoms with Crippen LogP contribution < -0.4 is 13.3 Å². The van der Waals surface area contributed by atoms with Crippen molar-refractivity contribution in [2.45, 2.75) is 20.0 Å². The number of fused-ring (bicyclic) bond motifs is 3. The van der Waals surface area contributed by atoms with Gasteiger partial charge in [0.15, 0.2) is 6.10 Å². The van der Waals surface area contributed by atoms with Crippen molar-refractivity contribution in [3.63, 3.8) is 0 Å². The van der Waals surface area contributed by atoms with E-state index in [-0.39, 0.29) is 6.10 Å². The Kier molecular flexibility index (Phi) is 7.88. The summed E-state index contributed by atoms with van der Waals surface area (Å²) in [6.45, 7) is 6.41. The lowest BCUT2D eigenvalue weighted by molar-refractivity contribution is 0.248. The van der Waals surface area contributed by atoms with Crippen molar-refractivity contribution in [3.05, 3.63) is 66.4 Å². The zero-order valence-electron chi connectivity index (χ0n) is 16.6. The number of hydrogen-bond donors (Lipinski definition) is 0. The molecule has 0 saturated carbocycles. The molecule has 2 nitrogen and oxygen atoms in total. The lowest BCUT2D eigenvalue weighted by Gasteiger charge is -2.26. The van der Waals surface area contributed by atoms with E-state index in [1.165, 1.54) is 19.3 Å². The topological polar surface area (TPSA) is 12.2 Å². The van der Waals surface area contributed by atoms with Crippen LogP contribution in [0.2, 0.25) is 5.02 Å². The first-order valence-electron chi connectivity index (χ1n) is 9.41. The lowest BCUT2D eigenvalue weighted by atomic mass is 10.0. The predicted octanol–water partition coefficient (Wildman–Crippen LogP) is 7.49. The van der Waals surface area contributed by atoms with Crippen molar-refractivity contribution in [1.82, 2.24) is 4.58 Å². The maximum atomic E-state index is 9.75. The molecule has 0 bridgehead atoms. The van der Waals surface area contributed by atoms with Crippen LogP contribution in [0.3, 0.4) is 0 Å². The normalized spacial score (nSPS) is 14.6. The van der Waals surface area contributed by atoms with Gasteiger partial charge in [-0.1, -0.05) is 62.3 Å². The van der Waals surface area contributed by atoms with E-state index in [9.17, 15) is 17.3 Å². The van der Waals surface area contributed by atoms with Crippen molar-refractivity contribution in [1.29, 1.82) is 0 Å². The van der Waals surface area contributed by atoms with Crippen molar-refractivity contribution >= 4 is 57.5 Å². The average Bonchev–Trinajstić information content (AvgIpc) is 3.13. The third kappa shape index (κ3) is 6.12. The van der Waals surface area contributed by atoms with E-state index in [4.69, 9.17) is 16.3 Å². The number of nitrogens with zero attached hydrogens (tertiary/aromatic N) is 1. The lowest BCUT2D eigenvalue weighted by Crippen LogP contribution is -2.25. The SMILES string of the molecule is CC[N+](CC)=c1sc2c(s1)C(c1ccc(Cl)cc1)Oc1ccc(Br)cc1-2.F[B-](F)(F)F. The summed E-state index contributed by atoms with van der Waals surface area (Å²) in [5, 5.41) is 0.743. The molecule has 3 aromatic rings. The van der Waals surface area contributed by atoms with Gasteiger partial charge in [-0.2, -0.15) is 0 Å². The smallest absolute Gasteiger partial charge is 0.479 e. The molecule has 1 unspecified atom stereocenters. The molecule has 0 aliphatic carbocycles. The van der Waals surface area contributed by atoms with Crippen molar-refractivity contribution < 1.29 is 22.0 Å². The fourth-order valence-corrected chi connectivity index (χ4v) is 6.62. The van der Waals surface area contributed by atoms with Gasteiger partial charge >= 0.3 is 11.2 Å². The van der Waals surface area contributed by atoms with Crippen LogP contribution in [0.25, 0.3) is 10.4 Å². The van der Waals surface area contributed by atoms with Crippen LogP contribution in [0.4, 0.5) is 17.3 Å². The minimum atomic E-state index is -6.00. The monoisotopic (exact) mass is 553 g/mol. The second-order valence-electron chi connectivity index (χ2n) is 6.52. The predicted molar refractivity (Wildman–Crippen MR) is 126 cm³/mol. The van der Waals surface area contributed by atoms with E-state index >= 15 is 0 Å². The van der Waals surface area contributed by atoms with E-state index < -0.39 is 7.25 Å². The molecular weight excluding hydrogens is 537 g/mol. The Morgan fingerprint density at radius 2 is 1.65 bits per heavy atom. The molecule has 0 saturated heterocycles. The molecule has 11 heteroatoms. The first kappa shape index (κ1) is 24.3. The maximum Gasteiger partial charge on any atom is 0.673 e. The van der Waals surface area contributed by atoms with E-state index in [0.717, 1.165) is 33.9 Å². The van der Waals surface area contributed by atoms with Crippen LogP contribution in [-0.4, -0.2) is 20.3 Å². The summed E-state index contributed by atoms with van der Waals surface area (Å²) >= 11 is 13.4. The minimum absolute atomic E-state index is 0.0958. The van der Waals surface area contributed by atoms with Gasteiger partial charge in [-0.3, -0.25) is 0 Å². The molecule has 0 radical (unpaired) electrons. The molecule has 0 spiro atoms. The molecule has 31 heavy (non-hydrogen) atoms. The van der Waals surface area contributed by atoms with Crippen LogP contribution in [0.5, 0.6) is 5.75 Å². The van der Waals surface area contributed by atoms with Gasteiger partial charge in [0.05, 0.1) is 9.75 Å². The van der Waals surface area contributed by atoms with Gasteiger partial charge in [-0.25, -0.2) is 4.58 Å². The second kappa shape index (κ2) is 10.1. The number of ether oxygens (including phenoxy) is 1. The van der Waals surface area contributed by atoms with Gasteiger partial charge in [-0.15, -0.1) is 0 Å². The van der Waals surface area contributed by atoms with Gasteiger partial charge in [0.2, 0.25) is 0 Å². The molecule has 1 aliphatic rings. The standard InChI is InChI=1S/C20H18BrClNOS2.BF4/c1-3-23(4-2)20-25-18-15-11-13(21)7-10-16(15)24-17(19(18)26-20)12-5-8-14(22)9-6-12;2-1(3,4)5/h5-11,17H,3-4H2,1-2H3;/q+1;-1. The Morgan fingerprint density at radius 1 is 1.03 bits per heavy atom. The molecule has 2 heterocycles. The summed E-state index contributed by atoms with van der Waals surface area (Å²) < 4.78 is 50.2. The summed E-state index contributed by atoms with van der Waals surface area (Å²) in [6, 6.07) is 14.2. The highest BCUT2D eigenvalue weighted by Crippen LogP contribution is 2.48. The van der Waals surface area contributed by atoms with Crippen LogP contribution in [0, 0.1) is 0 Å². The molecule has 0 fully saturated rings. The quantitative estimate of drug-likeness (QED) is 0.186. The summed E-state index contributed by atoms with van der Waals surface area (Å²) in [7, 11) is -6.00. The molecule has 0 amide bonds. The average molecular weight is 555 g/mol. The Labute approximate surface area is 199 Å². The van der Waals surface area contributed by atoms with Crippen LogP contribution in [-0.2, 0) is 0 Å². The van der Waals surface area contributed by atoms with Crippen LogP contribution in [0.15, 0.2) is 46.9 Å². The summed E-state index contributed by atoms with van der Waals surface area (Å²) in [5.74, 6) is 0.931. The van der Waals surface area contributed by atoms with E-state index in [2.05, 4.69) is 52.6 Å². The molecule has 1 aromatic heterocycles. The van der Waals surface area contributed by atoms with Crippen molar-refractivity contribution in [3.8, 4) is 16.2 Å². The fourth-order valence-electron chi connectivity index (χ4n) is 3.09. The van der Waals surface area contributed by atoms with E-state index in [1.807, 2.05) is 46.9 Å². The summed E-state index contributed by atoms with van der Waals surface area (Å²) in [6.07, 6.45) is -0.0958. The second-order valence-corrected chi connectivity index (χ2v) is 10.2. The highest BCUT2D eigenvalue weighted by Gasteiger charge is 2.31. The molecule has 0 N–H and O–H groups in total. The van der Waals surface area contributed by atoms with E-state index in [0.29, 0.717) is 0 Å². The van der Waals surface area contributed by atoms with Gasteiger partial charge < -0.3 is 22.0 Å². The van der Waals surface area contributed by atoms with Crippen molar-refractivity contribution in [2.75, 3.05) is 13.1 Å². The maximum absolute atomic E-state index is 9.75. The van der Waals surface area contributed by atoms with Gasteiger partial charge in [0.25, 0.3) is 0 Å². The number of hydrogen-bond acceptors (Lipinski definition) is 3. The van der Waals surface area contributed by atoms with Crippen LogP contribution in [0.1, 0.15) is 30.4 Å². The highest BCUT2D eigenvalue weighted by molar-refractivity contribution is 9.10. The Morgan fingerprint density at radius 3 is 2.23 bits per heavy atom. The minimum Gasteiger partial charge on any atom is -0.479 e. The zero-order chi connectivity index (χ0) is 22.8. The highest BCUT2D eigenvalue weighted by atomic mass is 79.9. The summed E-state index contributed by atoms with van der Waals surface area (Å²) in [5.41, 5.74) is 2.30. The number of rotatable bonds is 3. The third-order valence-corrected chi connectivity index (χ3v) is 8.00. The molecule has 2 aromatic carbocycles. The molecule has 4 rings (SSSR count). The largest absolute Gasteiger partial charge is 0.673 e. The zero-order valence-corrected chi connectivity index (χ0v) is 20.5. The Bertz CT molecular complexity index is 1120. The molecular formula is C20H18BBrClF4NOS2. The number of halogens is 6. The Balaban J connectivity index is 0.000000491. The van der Waals surface area contributed by atoms with E-state index in [1.54, 1.807) is 0 Å². The first-order valence-corrected chi connectivity index (χ1v) is 12.2. The first-order chi connectivity index (χ1) is 14.6. The molecule has 1 aliphatic heterocycles. The summed E-state index contributed by atoms with van der Waals surface area (Å²) in [4.78, 5) is 2.57.